The van der Waals surface area contributed by atoms with Gasteiger partial charge >= 0.3 is 6.43 Å². The third kappa shape index (κ3) is 2.62. The molecule has 0 fully saturated rings. The number of nitrogens with one attached hydrogen (secondary N) is 1. The number of aromatic nitrogens is 1. The summed E-state index contributed by atoms with van der Waals surface area (Å²) in [6, 6.07) is 1.39. The Kier molecular flexibility index (Phi) is 3.13. The van der Waals surface area contributed by atoms with Crippen LogP contribution in [0.4, 0.5) is 14.5 Å². The van der Waals surface area contributed by atoms with Crippen LogP contribution in [-0.4, -0.2) is 17.3 Å². The van der Waals surface area contributed by atoms with Crippen LogP contribution in [-0.2, 0) is 4.79 Å². The van der Waals surface area contributed by atoms with Crippen molar-refractivity contribution < 1.29 is 13.6 Å². The summed E-state index contributed by atoms with van der Waals surface area (Å²) in [6.07, 6.45) is -0.473. The molecule has 0 bridgehead atoms. The Bertz CT molecular complexity index is 319. The molecule has 1 N–H and O–H groups in total. The summed E-state index contributed by atoms with van der Waals surface area (Å²) in [7, 11) is 0. The molecule has 1 heterocycles. The first-order chi connectivity index (χ1) is 6.11. The average molecular weight is 207 g/mol. The van der Waals surface area contributed by atoms with Crippen molar-refractivity contribution in [2.45, 2.75) is 6.43 Å². The highest BCUT2D eigenvalue weighted by Crippen LogP contribution is 2.19. The quantitative estimate of drug-likeness (QED) is 0.804. The summed E-state index contributed by atoms with van der Waals surface area (Å²) < 4.78 is 23.5. The van der Waals surface area contributed by atoms with E-state index < -0.39 is 12.3 Å². The minimum absolute atomic E-state index is 0.0782. The number of pyridine rings is 1. The summed E-state index contributed by atoms with van der Waals surface area (Å²) >= 11 is 5.57. The smallest absolute Gasteiger partial charge is 0.315 e. The van der Waals surface area contributed by atoms with Crippen molar-refractivity contribution in [3.05, 3.63) is 23.5 Å². The highest BCUT2D eigenvalue weighted by Gasteiger charge is 2.15. The summed E-state index contributed by atoms with van der Waals surface area (Å²) in [5.74, 6) is -1.39. The second kappa shape index (κ2) is 4.13. The van der Waals surface area contributed by atoms with Crippen molar-refractivity contribution in [3.63, 3.8) is 0 Å². The lowest BCUT2D eigenvalue weighted by atomic mass is 10.4. The van der Waals surface area contributed by atoms with Gasteiger partial charge in [0.2, 0.25) is 0 Å². The molecule has 1 amide bonds. The molecule has 0 atom stereocenters. The van der Waals surface area contributed by atoms with Crippen molar-refractivity contribution in [1.29, 1.82) is 0 Å². The van der Waals surface area contributed by atoms with Gasteiger partial charge in [-0.3, -0.25) is 9.78 Å². The van der Waals surface area contributed by atoms with Crippen LogP contribution in [0, 0.1) is 0 Å². The predicted octanol–water partition coefficient (Wildman–Crippen LogP) is 1.94. The molecule has 0 aliphatic heterocycles. The van der Waals surface area contributed by atoms with Crippen LogP contribution in [0.15, 0.2) is 18.5 Å². The molecule has 0 aliphatic rings. The van der Waals surface area contributed by atoms with Gasteiger partial charge in [0.25, 0.3) is 5.91 Å². The normalized spacial score (nSPS) is 10.2. The molecule has 70 valence electrons. The summed E-state index contributed by atoms with van der Waals surface area (Å²) in [5, 5.41) is 2.10. The van der Waals surface area contributed by atoms with Gasteiger partial charge in [-0.05, 0) is 6.07 Å². The number of carbonyl (C=O) groups is 1. The van der Waals surface area contributed by atoms with Gasteiger partial charge in [0, 0.05) is 6.20 Å². The maximum Gasteiger partial charge on any atom is 0.315 e. The van der Waals surface area contributed by atoms with Crippen molar-refractivity contribution in [2.24, 2.45) is 0 Å². The average Bonchev–Trinajstić information content (AvgIpc) is 2.08. The minimum Gasteiger partial charge on any atom is -0.318 e. The largest absolute Gasteiger partial charge is 0.318 e. The molecule has 0 saturated carbocycles. The topological polar surface area (TPSA) is 42.0 Å². The number of amides is 1. The Morgan fingerprint density at radius 2 is 2.31 bits per heavy atom. The van der Waals surface area contributed by atoms with E-state index in [-0.39, 0.29) is 10.7 Å². The Hall–Kier alpha value is -1.23. The van der Waals surface area contributed by atoms with Gasteiger partial charge in [-0.1, -0.05) is 11.6 Å². The monoisotopic (exact) mass is 206 g/mol. The van der Waals surface area contributed by atoms with E-state index in [1.807, 2.05) is 5.32 Å². The molecule has 1 rings (SSSR count). The Balaban J connectivity index is 2.75. The molecule has 1 aromatic heterocycles. The molecule has 0 aromatic carbocycles. The maximum absolute atomic E-state index is 11.8. The number of hydrogen-bond acceptors (Lipinski definition) is 2. The molecular weight excluding hydrogens is 202 g/mol. The lowest BCUT2D eigenvalue weighted by molar-refractivity contribution is -0.126. The van der Waals surface area contributed by atoms with E-state index >= 15 is 0 Å². The molecule has 1 aromatic rings. The summed E-state index contributed by atoms with van der Waals surface area (Å²) in [6.45, 7) is 0. The Morgan fingerprint density at radius 3 is 2.85 bits per heavy atom. The fourth-order valence-electron chi connectivity index (χ4n) is 0.657. The third-order valence-corrected chi connectivity index (χ3v) is 1.55. The molecule has 0 unspecified atom stereocenters. The molecule has 0 radical (unpaired) electrons. The minimum atomic E-state index is -3.06. The van der Waals surface area contributed by atoms with Crippen LogP contribution >= 0.6 is 11.6 Å². The van der Waals surface area contributed by atoms with E-state index in [4.69, 9.17) is 11.6 Å². The number of halogens is 3. The number of nitrogens with zero attached hydrogens (tertiary/aromatic N) is 1. The van der Waals surface area contributed by atoms with Crippen molar-refractivity contribution in [1.82, 2.24) is 4.98 Å². The van der Waals surface area contributed by atoms with Crippen LogP contribution < -0.4 is 5.32 Å². The van der Waals surface area contributed by atoms with Gasteiger partial charge in [-0.25, -0.2) is 0 Å². The lowest BCUT2D eigenvalue weighted by Gasteiger charge is -2.04. The fourth-order valence-corrected chi connectivity index (χ4v) is 0.809. The van der Waals surface area contributed by atoms with Crippen molar-refractivity contribution >= 4 is 23.2 Å². The lowest BCUT2D eigenvalue weighted by Crippen LogP contribution is -2.20. The van der Waals surface area contributed by atoms with Crippen LogP contribution in [0.2, 0.25) is 5.02 Å². The molecule has 0 spiro atoms. The number of carbonyl (C=O) groups excluding carboxylic acids is 1. The van der Waals surface area contributed by atoms with Gasteiger partial charge in [0.05, 0.1) is 16.9 Å². The van der Waals surface area contributed by atoms with Gasteiger partial charge in [0.15, 0.2) is 0 Å². The summed E-state index contributed by atoms with van der Waals surface area (Å²) in [4.78, 5) is 14.1. The molecule has 13 heavy (non-hydrogen) atoms. The molecule has 6 heteroatoms. The Labute approximate surface area is 77.7 Å². The number of hydrogen-bond donors (Lipinski definition) is 1. The van der Waals surface area contributed by atoms with Gasteiger partial charge in [0.1, 0.15) is 0 Å². The summed E-state index contributed by atoms with van der Waals surface area (Å²) in [5.41, 5.74) is 0.0782. The number of anilines is 1. The van der Waals surface area contributed by atoms with Crippen molar-refractivity contribution in [2.75, 3.05) is 5.32 Å². The van der Waals surface area contributed by atoms with E-state index in [1.165, 1.54) is 18.5 Å². The molecule has 0 saturated heterocycles. The van der Waals surface area contributed by atoms with E-state index in [1.54, 1.807) is 0 Å². The first kappa shape index (κ1) is 9.85. The van der Waals surface area contributed by atoms with E-state index in [0.29, 0.717) is 0 Å². The van der Waals surface area contributed by atoms with Crippen LogP contribution in [0.1, 0.15) is 0 Å². The zero-order valence-electron chi connectivity index (χ0n) is 6.30. The van der Waals surface area contributed by atoms with E-state index in [0.717, 1.165) is 0 Å². The van der Waals surface area contributed by atoms with Crippen molar-refractivity contribution in [3.8, 4) is 0 Å². The zero-order valence-corrected chi connectivity index (χ0v) is 7.05. The number of rotatable bonds is 2. The van der Waals surface area contributed by atoms with Gasteiger partial charge in [-0.15, -0.1) is 0 Å². The van der Waals surface area contributed by atoms with E-state index in [9.17, 15) is 13.6 Å². The standard InChI is InChI=1S/C7H5ClF2N2O/c8-4-1-2-11-3-5(4)12-7(13)6(9)10/h1-3,6H,(H,12,13). The second-order valence-electron chi connectivity index (χ2n) is 2.15. The SMILES string of the molecule is O=C(Nc1cnccc1Cl)C(F)F. The zero-order chi connectivity index (χ0) is 9.84. The molecular formula is C7H5ClF2N2O. The molecule has 3 nitrogen and oxygen atoms in total. The van der Waals surface area contributed by atoms with E-state index in [2.05, 4.69) is 4.98 Å². The third-order valence-electron chi connectivity index (χ3n) is 1.22. The molecule has 0 aliphatic carbocycles. The first-order valence-corrected chi connectivity index (χ1v) is 3.67. The first-order valence-electron chi connectivity index (χ1n) is 3.30. The second-order valence-corrected chi connectivity index (χ2v) is 2.55. The van der Waals surface area contributed by atoms with Crippen LogP contribution in [0.5, 0.6) is 0 Å². The van der Waals surface area contributed by atoms with Gasteiger partial charge in [-0.2, -0.15) is 8.78 Å². The van der Waals surface area contributed by atoms with Crippen LogP contribution in [0.3, 0.4) is 0 Å². The highest BCUT2D eigenvalue weighted by molar-refractivity contribution is 6.33. The van der Waals surface area contributed by atoms with Crippen LogP contribution in [0.25, 0.3) is 0 Å². The highest BCUT2D eigenvalue weighted by atomic mass is 35.5. The maximum atomic E-state index is 11.8. The fraction of sp³-hybridized carbons (Fsp3) is 0.143. The predicted molar refractivity (Wildman–Crippen MR) is 43.9 cm³/mol. The Morgan fingerprint density at radius 1 is 1.62 bits per heavy atom. The number of alkyl halides is 2. The van der Waals surface area contributed by atoms with Gasteiger partial charge < -0.3 is 5.32 Å².